The SMILES string of the molecule is CCOC(=O)C(=CNNC(C)(C)C)C(=O)c1c(F)c(C)c(F)c(F)c1[N+](=O)[O-]. The summed E-state index contributed by atoms with van der Waals surface area (Å²) >= 11 is 0. The molecule has 0 aliphatic heterocycles. The molecule has 0 aliphatic rings. The number of rotatable bonds is 7. The first-order valence-corrected chi connectivity index (χ1v) is 8.09. The van der Waals surface area contributed by atoms with Crippen molar-refractivity contribution in [1.82, 2.24) is 10.9 Å². The molecule has 0 saturated heterocycles. The summed E-state index contributed by atoms with van der Waals surface area (Å²) in [5.41, 5.74) is -0.254. The number of hydrazine groups is 1. The van der Waals surface area contributed by atoms with Gasteiger partial charge in [-0.1, -0.05) is 0 Å². The topological polar surface area (TPSA) is 111 Å². The van der Waals surface area contributed by atoms with Gasteiger partial charge < -0.3 is 10.2 Å². The van der Waals surface area contributed by atoms with Gasteiger partial charge in [-0.3, -0.25) is 14.9 Å². The number of nitrogens with zero attached hydrogens (tertiary/aromatic N) is 1. The Bertz CT molecular complexity index is 848. The van der Waals surface area contributed by atoms with E-state index in [0.29, 0.717) is 0 Å². The van der Waals surface area contributed by atoms with Gasteiger partial charge in [0.15, 0.2) is 5.82 Å². The molecule has 0 aromatic heterocycles. The lowest BCUT2D eigenvalue weighted by atomic mass is 9.98. The van der Waals surface area contributed by atoms with E-state index in [-0.39, 0.29) is 6.61 Å². The van der Waals surface area contributed by atoms with Crippen LogP contribution in [0.15, 0.2) is 11.8 Å². The standard InChI is InChI=1S/C17H20F3N3O5/c1-6-28-16(25)9(7-21-22-17(3,4)5)15(24)10-11(18)8(2)12(19)13(20)14(10)23(26)27/h7,21-22H,6H2,1-5H3. The Labute approximate surface area is 158 Å². The van der Waals surface area contributed by atoms with Crippen LogP contribution in [0, 0.1) is 34.5 Å². The number of hydrogen-bond donors (Lipinski definition) is 2. The smallest absolute Gasteiger partial charge is 0.343 e. The van der Waals surface area contributed by atoms with Crippen molar-refractivity contribution in [1.29, 1.82) is 0 Å². The molecule has 0 fully saturated rings. The Kier molecular flexibility index (Phi) is 7.28. The minimum atomic E-state index is -2.00. The molecule has 0 bridgehead atoms. The second-order valence-electron chi connectivity index (χ2n) is 6.67. The molecule has 0 atom stereocenters. The van der Waals surface area contributed by atoms with E-state index in [9.17, 15) is 32.9 Å². The van der Waals surface area contributed by atoms with Crippen molar-refractivity contribution in [2.24, 2.45) is 0 Å². The molecule has 2 N–H and O–H groups in total. The maximum absolute atomic E-state index is 14.5. The average Bonchev–Trinajstić information content (AvgIpc) is 2.58. The van der Waals surface area contributed by atoms with Crippen LogP contribution in [0.4, 0.5) is 18.9 Å². The quantitative estimate of drug-likeness (QED) is 0.105. The fraction of sp³-hybridized carbons (Fsp3) is 0.412. The Morgan fingerprint density at radius 1 is 1.18 bits per heavy atom. The van der Waals surface area contributed by atoms with Crippen LogP contribution in [0.5, 0.6) is 0 Å². The second kappa shape index (κ2) is 8.83. The van der Waals surface area contributed by atoms with Crippen molar-refractivity contribution in [2.45, 2.75) is 40.2 Å². The van der Waals surface area contributed by atoms with Gasteiger partial charge in [0, 0.05) is 17.3 Å². The van der Waals surface area contributed by atoms with Crippen LogP contribution in [0.2, 0.25) is 0 Å². The normalized spacial score (nSPS) is 11.9. The number of halogens is 3. The molecule has 0 spiro atoms. The number of ether oxygens (including phenoxy) is 1. The molecule has 8 nitrogen and oxygen atoms in total. The predicted octanol–water partition coefficient (Wildman–Crippen LogP) is 2.84. The Morgan fingerprint density at radius 2 is 1.75 bits per heavy atom. The van der Waals surface area contributed by atoms with Gasteiger partial charge in [-0.25, -0.2) is 19.0 Å². The third-order valence-corrected chi connectivity index (χ3v) is 3.33. The predicted molar refractivity (Wildman–Crippen MR) is 92.8 cm³/mol. The molecule has 0 unspecified atom stereocenters. The van der Waals surface area contributed by atoms with Gasteiger partial charge in [-0.2, -0.15) is 4.39 Å². The molecule has 0 radical (unpaired) electrons. The number of nitrogens with one attached hydrogen (secondary N) is 2. The number of esters is 1. The number of Topliss-reactive ketones (excluding diaryl/α,β-unsaturated/α-hetero) is 1. The van der Waals surface area contributed by atoms with E-state index in [1.54, 1.807) is 20.8 Å². The minimum Gasteiger partial charge on any atom is -0.462 e. The van der Waals surface area contributed by atoms with E-state index in [2.05, 4.69) is 10.9 Å². The van der Waals surface area contributed by atoms with Crippen molar-refractivity contribution in [3.63, 3.8) is 0 Å². The van der Waals surface area contributed by atoms with Crippen LogP contribution in [-0.2, 0) is 9.53 Å². The number of benzene rings is 1. The summed E-state index contributed by atoms with van der Waals surface area (Å²) in [6, 6.07) is 0. The highest BCUT2D eigenvalue weighted by Crippen LogP contribution is 2.32. The highest BCUT2D eigenvalue weighted by atomic mass is 19.2. The fourth-order valence-electron chi connectivity index (χ4n) is 2.03. The van der Waals surface area contributed by atoms with Crippen LogP contribution in [0.25, 0.3) is 0 Å². The van der Waals surface area contributed by atoms with Gasteiger partial charge in [0.25, 0.3) is 0 Å². The molecular formula is C17H20F3N3O5. The Morgan fingerprint density at radius 3 is 2.21 bits per heavy atom. The van der Waals surface area contributed by atoms with Crippen LogP contribution in [0.1, 0.15) is 43.6 Å². The summed E-state index contributed by atoms with van der Waals surface area (Å²) in [4.78, 5) is 34.5. The molecule has 11 heteroatoms. The largest absolute Gasteiger partial charge is 0.462 e. The maximum atomic E-state index is 14.5. The Balaban J connectivity index is 3.61. The van der Waals surface area contributed by atoms with Gasteiger partial charge in [0.2, 0.25) is 11.6 Å². The molecule has 0 heterocycles. The van der Waals surface area contributed by atoms with Crippen molar-refractivity contribution in [3.05, 3.63) is 50.5 Å². The summed E-state index contributed by atoms with van der Waals surface area (Å²) in [6.07, 6.45) is 0.811. The number of ketones is 1. The third kappa shape index (κ3) is 5.06. The van der Waals surface area contributed by atoms with Crippen LogP contribution >= 0.6 is 0 Å². The number of hydrogen-bond acceptors (Lipinski definition) is 7. The summed E-state index contributed by atoms with van der Waals surface area (Å²) in [5.74, 6) is -8.21. The number of nitro groups is 1. The molecular weight excluding hydrogens is 383 g/mol. The van der Waals surface area contributed by atoms with Crippen molar-refractivity contribution < 1.29 is 32.4 Å². The summed E-state index contributed by atoms with van der Waals surface area (Å²) < 4.78 is 46.9. The van der Waals surface area contributed by atoms with E-state index < -0.39 is 62.1 Å². The van der Waals surface area contributed by atoms with E-state index in [1.165, 1.54) is 6.92 Å². The molecule has 0 aliphatic carbocycles. The number of carbonyl (C=O) groups excluding carboxylic acids is 2. The van der Waals surface area contributed by atoms with Crippen LogP contribution in [0.3, 0.4) is 0 Å². The van der Waals surface area contributed by atoms with Gasteiger partial charge in [-0.05, 0) is 34.6 Å². The maximum Gasteiger partial charge on any atom is 0.343 e. The van der Waals surface area contributed by atoms with Gasteiger partial charge in [-0.15, -0.1) is 0 Å². The Hall–Kier alpha value is -2.95. The van der Waals surface area contributed by atoms with E-state index >= 15 is 0 Å². The lowest BCUT2D eigenvalue weighted by Gasteiger charge is -2.20. The summed E-state index contributed by atoms with van der Waals surface area (Å²) in [7, 11) is 0. The zero-order valence-electron chi connectivity index (χ0n) is 15.9. The molecule has 154 valence electrons. The summed E-state index contributed by atoms with van der Waals surface area (Å²) in [6.45, 7) is 7.30. The lowest BCUT2D eigenvalue weighted by molar-refractivity contribution is -0.388. The minimum absolute atomic E-state index is 0.155. The number of carbonyl (C=O) groups is 2. The first-order valence-electron chi connectivity index (χ1n) is 8.09. The highest BCUT2D eigenvalue weighted by Gasteiger charge is 2.37. The van der Waals surface area contributed by atoms with Gasteiger partial charge in [0.1, 0.15) is 17.0 Å². The van der Waals surface area contributed by atoms with E-state index in [1.807, 2.05) is 0 Å². The van der Waals surface area contributed by atoms with Crippen molar-refractivity contribution in [3.8, 4) is 0 Å². The fourth-order valence-corrected chi connectivity index (χ4v) is 2.03. The zero-order valence-corrected chi connectivity index (χ0v) is 15.9. The average molecular weight is 403 g/mol. The van der Waals surface area contributed by atoms with Gasteiger partial charge in [0.05, 0.1) is 11.5 Å². The molecule has 28 heavy (non-hydrogen) atoms. The second-order valence-corrected chi connectivity index (χ2v) is 6.67. The molecule has 1 rings (SSSR count). The first-order chi connectivity index (χ1) is 12.8. The van der Waals surface area contributed by atoms with E-state index in [0.717, 1.165) is 13.1 Å². The van der Waals surface area contributed by atoms with Gasteiger partial charge >= 0.3 is 11.7 Å². The molecule has 1 aromatic rings. The summed E-state index contributed by atoms with van der Waals surface area (Å²) in [5, 5.41) is 11.1. The van der Waals surface area contributed by atoms with Crippen LogP contribution < -0.4 is 10.9 Å². The van der Waals surface area contributed by atoms with Crippen molar-refractivity contribution in [2.75, 3.05) is 6.61 Å². The molecule has 1 aromatic carbocycles. The molecule has 0 amide bonds. The number of nitro benzene ring substituents is 1. The third-order valence-electron chi connectivity index (χ3n) is 3.33. The molecule has 0 saturated carbocycles. The van der Waals surface area contributed by atoms with Crippen molar-refractivity contribution >= 4 is 17.4 Å². The first kappa shape index (κ1) is 23.1. The highest BCUT2D eigenvalue weighted by molar-refractivity contribution is 6.25. The monoisotopic (exact) mass is 403 g/mol. The lowest BCUT2D eigenvalue weighted by Crippen LogP contribution is -2.44. The van der Waals surface area contributed by atoms with Crippen LogP contribution in [-0.4, -0.2) is 28.8 Å². The zero-order chi connectivity index (χ0) is 21.8. The van der Waals surface area contributed by atoms with E-state index in [4.69, 9.17) is 4.74 Å².